The Morgan fingerprint density at radius 1 is 1.45 bits per heavy atom. The summed E-state index contributed by atoms with van der Waals surface area (Å²) < 4.78 is 27.9. The van der Waals surface area contributed by atoms with Crippen molar-refractivity contribution >= 4 is 10.0 Å². The maximum atomic E-state index is 12.1. The van der Waals surface area contributed by atoms with Crippen LogP contribution in [-0.2, 0) is 17.1 Å². The van der Waals surface area contributed by atoms with Crippen LogP contribution >= 0.6 is 0 Å². The summed E-state index contributed by atoms with van der Waals surface area (Å²) in [6.07, 6.45) is 2.02. The minimum absolute atomic E-state index is 0.0312. The number of aliphatic hydroxyl groups excluding tert-OH is 2. The van der Waals surface area contributed by atoms with Crippen LogP contribution in [0.3, 0.4) is 0 Å². The molecule has 0 aliphatic heterocycles. The molecule has 0 aromatic carbocycles. The van der Waals surface area contributed by atoms with E-state index in [1.54, 1.807) is 7.05 Å². The predicted octanol–water partition coefficient (Wildman–Crippen LogP) is -0.144. The molecular formula is C12H23N3O4S. The summed E-state index contributed by atoms with van der Waals surface area (Å²) in [5.41, 5.74) is -0.382. The third-order valence-corrected chi connectivity index (χ3v) is 4.52. The lowest BCUT2D eigenvalue weighted by Gasteiger charge is -2.29. The Hall–Kier alpha value is -0.960. The van der Waals surface area contributed by atoms with Gasteiger partial charge in [0.2, 0.25) is 10.0 Å². The second-order valence-corrected chi connectivity index (χ2v) is 7.68. The number of rotatable bonds is 6. The van der Waals surface area contributed by atoms with E-state index in [1.165, 1.54) is 17.1 Å². The highest BCUT2D eigenvalue weighted by Gasteiger charge is 2.28. The lowest BCUT2D eigenvalue weighted by molar-refractivity contribution is 0.0420. The smallest absolute Gasteiger partial charge is 0.244 e. The maximum Gasteiger partial charge on any atom is 0.244 e. The number of hydrogen-bond acceptors (Lipinski definition) is 5. The van der Waals surface area contributed by atoms with Crippen LogP contribution in [0.5, 0.6) is 0 Å². The zero-order valence-corrected chi connectivity index (χ0v) is 13.1. The van der Waals surface area contributed by atoms with Gasteiger partial charge in [-0.3, -0.25) is 4.68 Å². The van der Waals surface area contributed by atoms with Gasteiger partial charge in [-0.15, -0.1) is 0 Å². The number of aromatic nitrogens is 2. The topological polar surface area (TPSA) is 104 Å². The molecule has 0 saturated carbocycles. The van der Waals surface area contributed by atoms with Crippen molar-refractivity contribution in [2.45, 2.75) is 44.2 Å². The quantitative estimate of drug-likeness (QED) is 0.678. The molecule has 1 aromatic heterocycles. The van der Waals surface area contributed by atoms with Crippen LogP contribution in [0.4, 0.5) is 0 Å². The van der Waals surface area contributed by atoms with Crippen LogP contribution in [-0.4, -0.2) is 47.2 Å². The van der Waals surface area contributed by atoms with Gasteiger partial charge in [-0.05, 0) is 11.8 Å². The Bertz CT molecular complexity index is 533. The van der Waals surface area contributed by atoms with E-state index in [9.17, 15) is 18.6 Å². The van der Waals surface area contributed by atoms with Gasteiger partial charge in [0, 0.05) is 19.3 Å². The normalized spacial score (nSPS) is 16.1. The molecule has 20 heavy (non-hydrogen) atoms. The van der Waals surface area contributed by atoms with Crippen LogP contribution in [0.25, 0.3) is 0 Å². The Morgan fingerprint density at radius 2 is 2.05 bits per heavy atom. The molecule has 0 spiro atoms. The Morgan fingerprint density at radius 3 is 2.45 bits per heavy atom. The first-order chi connectivity index (χ1) is 9.06. The number of aryl methyl sites for hydroxylation is 1. The fraction of sp³-hybridized carbons (Fsp3) is 0.750. The third kappa shape index (κ3) is 4.55. The SMILES string of the molecule is Cn1cc(S(=O)(=O)NC(CO)CC(O)C(C)(C)C)cn1. The van der Waals surface area contributed by atoms with Crippen LogP contribution in [0.2, 0.25) is 0 Å². The molecule has 116 valence electrons. The summed E-state index contributed by atoms with van der Waals surface area (Å²) in [7, 11) is -2.13. The summed E-state index contributed by atoms with van der Waals surface area (Å²) in [5, 5.41) is 23.1. The highest BCUT2D eigenvalue weighted by molar-refractivity contribution is 7.89. The van der Waals surface area contributed by atoms with E-state index >= 15 is 0 Å². The zero-order chi connectivity index (χ0) is 15.6. The fourth-order valence-electron chi connectivity index (χ4n) is 1.61. The summed E-state index contributed by atoms with van der Waals surface area (Å²) in [6, 6.07) is -0.741. The van der Waals surface area contributed by atoms with Gasteiger partial charge in [0.25, 0.3) is 0 Å². The average Bonchev–Trinajstić information content (AvgIpc) is 2.74. The molecule has 0 aliphatic rings. The van der Waals surface area contributed by atoms with Crippen LogP contribution in [0, 0.1) is 5.41 Å². The first-order valence-corrected chi connectivity index (χ1v) is 7.84. The van der Waals surface area contributed by atoms with E-state index in [2.05, 4.69) is 9.82 Å². The number of nitrogens with one attached hydrogen (secondary N) is 1. The Balaban J connectivity index is 2.78. The molecule has 0 saturated heterocycles. The van der Waals surface area contributed by atoms with Gasteiger partial charge in [-0.1, -0.05) is 20.8 Å². The van der Waals surface area contributed by atoms with Crippen LogP contribution < -0.4 is 4.72 Å². The van der Waals surface area contributed by atoms with Gasteiger partial charge in [0.1, 0.15) is 4.90 Å². The lowest BCUT2D eigenvalue weighted by Crippen LogP contribution is -2.42. The minimum Gasteiger partial charge on any atom is -0.395 e. The molecular weight excluding hydrogens is 282 g/mol. The second-order valence-electron chi connectivity index (χ2n) is 5.97. The van der Waals surface area contributed by atoms with E-state index in [0.717, 1.165) is 0 Å². The molecule has 7 nitrogen and oxygen atoms in total. The summed E-state index contributed by atoms with van der Waals surface area (Å²) in [6.45, 7) is 5.16. The standard InChI is InChI=1S/C12H23N3O4S/c1-12(2,3)11(17)5-9(8-16)14-20(18,19)10-6-13-15(4)7-10/h6-7,9,11,14,16-17H,5,8H2,1-4H3. The molecule has 0 aliphatic carbocycles. The molecule has 1 heterocycles. The van der Waals surface area contributed by atoms with Crippen molar-refractivity contribution in [3.8, 4) is 0 Å². The monoisotopic (exact) mass is 305 g/mol. The van der Waals surface area contributed by atoms with Crippen LogP contribution in [0.1, 0.15) is 27.2 Å². The maximum absolute atomic E-state index is 12.1. The average molecular weight is 305 g/mol. The van der Waals surface area contributed by atoms with Crippen LogP contribution in [0.15, 0.2) is 17.3 Å². The van der Waals surface area contributed by atoms with Crippen molar-refractivity contribution < 1.29 is 18.6 Å². The van der Waals surface area contributed by atoms with Crippen molar-refractivity contribution in [1.29, 1.82) is 0 Å². The summed E-state index contributed by atoms with van der Waals surface area (Å²) in [4.78, 5) is 0.0312. The largest absolute Gasteiger partial charge is 0.395 e. The Labute approximate surface area is 119 Å². The van der Waals surface area contributed by atoms with E-state index in [4.69, 9.17) is 0 Å². The van der Waals surface area contributed by atoms with E-state index in [-0.39, 0.29) is 23.3 Å². The first-order valence-electron chi connectivity index (χ1n) is 6.36. The van der Waals surface area contributed by atoms with Crippen molar-refractivity contribution in [3.05, 3.63) is 12.4 Å². The van der Waals surface area contributed by atoms with Gasteiger partial charge >= 0.3 is 0 Å². The van der Waals surface area contributed by atoms with Gasteiger partial charge < -0.3 is 10.2 Å². The molecule has 1 aromatic rings. The van der Waals surface area contributed by atoms with Crippen molar-refractivity contribution in [2.24, 2.45) is 12.5 Å². The molecule has 8 heteroatoms. The molecule has 0 fully saturated rings. The van der Waals surface area contributed by atoms with Crippen molar-refractivity contribution in [2.75, 3.05) is 6.61 Å². The predicted molar refractivity (Wildman–Crippen MR) is 74.5 cm³/mol. The van der Waals surface area contributed by atoms with Crippen molar-refractivity contribution in [1.82, 2.24) is 14.5 Å². The van der Waals surface area contributed by atoms with E-state index in [0.29, 0.717) is 0 Å². The molecule has 0 bridgehead atoms. The first kappa shape index (κ1) is 17.1. The fourth-order valence-corrected chi connectivity index (χ4v) is 2.83. The highest BCUT2D eigenvalue weighted by atomic mass is 32.2. The molecule has 1 rings (SSSR count). The molecule has 3 N–H and O–H groups in total. The molecule has 0 amide bonds. The molecule has 2 unspecified atom stereocenters. The zero-order valence-electron chi connectivity index (χ0n) is 12.2. The second kappa shape index (κ2) is 6.21. The van der Waals surface area contributed by atoms with Crippen molar-refractivity contribution in [3.63, 3.8) is 0 Å². The van der Waals surface area contributed by atoms with Gasteiger partial charge in [0.15, 0.2) is 0 Å². The van der Waals surface area contributed by atoms with Gasteiger partial charge in [-0.25, -0.2) is 13.1 Å². The number of aliphatic hydroxyl groups is 2. The summed E-state index contributed by atoms with van der Waals surface area (Å²) in [5.74, 6) is 0. The Kier molecular flexibility index (Phi) is 5.31. The van der Waals surface area contributed by atoms with E-state index < -0.39 is 22.2 Å². The lowest BCUT2D eigenvalue weighted by atomic mass is 9.86. The van der Waals surface area contributed by atoms with E-state index in [1.807, 2.05) is 20.8 Å². The molecule has 2 atom stereocenters. The van der Waals surface area contributed by atoms with Gasteiger partial charge in [-0.2, -0.15) is 5.10 Å². The molecule has 0 radical (unpaired) electrons. The number of sulfonamides is 1. The third-order valence-electron chi connectivity index (χ3n) is 3.04. The minimum atomic E-state index is -3.75. The number of nitrogens with zero attached hydrogens (tertiary/aromatic N) is 2. The highest BCUT2D eigenvalue weighted by Crippen LogP contribution is 2.23. The van der Waals surface area contributed by atoms with Gasteiger partial charge in [0.05, 0.1) is 18.9 Å². The number of hydrogen-bond donors (Lipinski definition) is 3. The summed E-state index contributed by atoms with van der Waals surface area (Å²) >= 11 is 0.